The van der Waals surface area contributed by atoms with Gasteiger partial charge in [0, 0.05) is 39.0 Å². The maximum absolute atomic E-state index is 12.0. The monoisotopic (exact) mass is 484 g/mol. The van der Waals surface area contributed by atoms with Gasteiger partial charge in [0.15, 0.2) is 0 Å². The number of ether oxygens (including phenoxy) is 1. The summed E-state index contributed by atoms with van der Waals surface area (Å²) < 4.78 is 38.3. The van der Waals surface area contributed by atoms with Crippen molar-refractivity contribution in [1.82, 2.24) is 10.2 Å². The number of halogens is 3. The first kappa shape index (κ1) is 25.0. The van der Waals surface area contributed by atoms with Gasteiger partial charge in [-0.25, -0.2) is 4.79 Å². The molecule has 33 heavy (non-hydrogen) atoms. The van der Waals surface area contributed by atoms with Crippen LogP contribution in [0.1, 0.15) is 42.7 Å². The summed E-state index contributed by atoms with van der Waals surface area (Å²) in [5, 5.41) is 14.3. The third-order valence-corrected chi connectivity index (χ3v) is 6.74. The number of hydrogen-bond acceptors (Lipinski definition) is 5. The van der Waals surface area contributed by atoms with E-state index in [2.05, 4.69) is 39.2 Å². The number of nitrogens with zero attached hydrogens (tertiary/aromatic N) is 1. The Balaban J connectivity index is 0.000000383. The van der Waals surface area contributed by atoms with Gasteiger partial charge in [-0.05, 0) is 53.3 Å². The smallest absolute Gasteiger partial charge is 0.487 e. The lowest BCUT2D eigenvalue weighted by Crippen LogP contribution is -2.50. The SMILES string of the molecule is CNC(=O)CC1CC2(CCN(Cc3ccsc3)CC2)Oc2ccccc21.O=C(O)C(F)(F)F. The topological polar surface area (TPSA) is 78.9 Å². The molecule has 2 aliphatic heterocycles. The van der Waals surface area contributed by atoms with Crippen molar-refractivity contribution in [2.45, 2.75) is 49.9 Å². The Hall–Kier alpha value is -2.59. The highest BCUT2D eigenvalue weighted by Crippen LogP contribution is 2.46. The molecule has 1 amide bonds. The molecule has 10 heteroatoms. The molecule has 1 atom stereocenters. The van der Waals surface area contributed by atoms with Gasteiger partial charge in [-0.15, -0.1) is 0 Å². The van der Waals surface area contributed by atoms with Gasteiger partial charge < -0.3 is 15.2 Å². The first-order valence-corrected chi connectivity index (χ1v) is 11.6. The lowest BCUT2D eigenvalue weighted by molar-refractivity contribution is -0.192. The molecule has 2 N–H and O–H groups in total. The van der Waals surface area contributed by atoms with Crippen LogP contribution in [0.5, 0.6) is 5.75 Å². The number of nitrogens with one attached hydrogen (secondary N) is 1. The number of para-hydroxylation sites is 1. The predicted molar refractivity (Wildman–Crippen MR) is 118 cm³/mol. The number of hydrogen-bond donors (Lipinski definition) is 2. The molecule has 180 valence electrons. The van der Waals surface area contributed by atoms with E-state index in [1.165, 1.54) is 11.1 Å². The summed E-state index contributed by atoms with van der Waals surface area (Å²) in [5.74, 6) is -1.44. The van der Waals surface area contributed by atoms with E-state index in [-0.39, 0.29) is 17.4 Å². The summed E-state index contributed by atoms with van der Waals surface area (Å²) in [5.41, 5.74) is 2.46. The largest absolute Gasteiger partial charge is 0.490 e. The van der Waals surface area contributed by atoms with Crippen molar-refractivity contribution in [2.75, 3.05) is 20.1 Å². The maximum atomic E-state index is 12.0. The van der Waals surface area contributed by atoms with Crippen LogP contribution in [-0.2, 0) is 16.1 Å². The fourth-order valence-corrected chi connectivity index (χ4v) is 4.98. The molecular weight excluding hydrogens is 457 g/mol. The summed E-state index contributed by atoms with van der Waals surface area (Å²) >= 11 is 1.76. The molecule has 4 rings (SSSR count). The lowest BCUT2D eigenvalue weighted by atomic mass is 9.76. The molecule has 0 saturated carbocycles. The van der Waals surface area contributed by atoms with Crippen LogP contribution in [0, 0.1) is 0 Å². The van der Waals surface area contributed by atoms with Crippen LogP contribution in [0.2, 0.25) is 0 Å². The Labute approximate surface area is 194 Å². The van der Waals surface area contributed by atoms with Crippen LogP contribution in [0.4, 0.5) is 13.2 Å². The number of alkyl halides is 3. The zero-order valence-corrected chi connectivity index (χ0v) is 19.0. The lowest BCUT2D eigenvalue weighted by Gasteiger charge is -2.47. The molecule has 2 aliphatic rings. The first-order chi connectivity index (χ1) is 15.6. The highest BCUT2D eigenvalue weighted by molar-refractivity contribution is 7.07. The number of carbonyl (C=O) groups excluding carboxylic acids is 1. The van der Waals surface area contributed by atoms with Crippen molar-refractivity contribution in [3.05, 3.63) is 52.2 Å². The van der Waals surface area contributed by atoms with Crippen LogP contribution in [-0.4, -0.2) is 53.8 Å². The number of carbonyl (C=O) groups is 2. The molecule has 1 fully saturated rings. The highest BCUT2D eigenvalue weighted by Gasteiger charge is 2.43. The minimum Gasteiger partial charge on any atom is -0.487 e. The molecule has 3 heterocycles. The van der Waals surface area contributed by atoms with E-state index in [0.29, 0.717) is 6.42 Å². The molecule has 1 saturated heterocycles. The van der Waals surface area contributed by atoms with Crippen molar-refractivity contribution in [1.29, 1.82) is 0 Å². The predicted octanol–water partition coefficient (Wildman–Crippen LogP) is 4.42. The highest BCUT2D eigenvalue weighted by atomic mass is 32.1. The van der Waals surface area contributed by atoms with E-state index in [1.807, 2.05) is 12.1 Å². The standard InChI is InChI=1S/C21H26N2O2S.C2HF3O2/c1-22-20(24)12-17-13-21(25-19-5-3-2-4-18(17)19)7-9-23(10-8-21)14-16-6-11-26-15-16;3-2(4,5)1(6)7/h2-6,11,15,17H,7-10,12-14H2,1H3,(H,22,24);(H,6,7). The summed E-state index contributed by atoms with van der Waals surface area (Å²) in [6.07, 6.45) is -1.56. The van der Waals surface area contributed by atoms with Crippen molar-refractivity contribution in [2.24, 2.45) is 0 Å². The second-order valence-corrected chi connectivity index (χ2v) is 9.09. The second-order valence-electron chi connectivity index (χ2n) is 8.31. The minimum absolute atomic E-state index is 0.108. The van der Waals surface area contributed by atoms with Crippen molar-refractivity contribution >= 4 is 23.2 Å². The van der Waals surface area contributed by atoms with Crippen molar-refractivity contribution in [3.8, 4) is 5.75 Å². The zero-order valence-electron chi connectivity index (χ0n) is 18.2. The molecular formula is C23H27F3N2O4S. The Morgan fingerprint density at radius 1 is 1.24 bits per heavy atom. The van der Waals surface area contributed by atoms with Crippen molar-refractivity contribution in [3.63, 3.8) is 0 Å². The van der Waals surface area contributed by atoms with Gasteiger partial charge in [-0.1, -0.05) is 18.2 Å². The Kier molecular flexibility index (Phi) is 8.01. The quantitative estimate of drug-likeness (QED) is 0.672. The van der Waals surface area contributed by atoms with E-state index in [0.717, 1.165) is 44.6 Å². The Morgan fingerprint density at radius 3 is 2.48 bits per heavy atom. The fraction of sp³-hybridized carbons (Fsp3) is 0.478. The second kappa shape index (κ2) is 10.6. The molecule has 1 aromatic heterocycles. The maximum Gasteiger partial charge on any atom is 0.490 e. The van der Waals surface area contributed by atoms with E-state index < -0.39 is 12.1 Å². The number of carboxylic acids is 1. The van der Waals surface area contributed by atoms with E-state index in [9.17, 15) is 18.0 Å². The molecule has 0 aliphatic carbocycles. The van der Waals surface area contributed by atoms with Crippen LogP contribution < -0.4 is 10.1 Å². The van der Waals surface area contributed by atoms with Crippen LogP contribution in [0.15, 0.2) is 41.1 Å². The third-order valence-electron chi connectivity index (χ3n) is 6.01. The van der Waals surface area contributed by atoms with Gasteiger partial charge in [0.2, 0.25) is 5.91 Å². The normalized spacial score (nSPS) is 19.6. The van der Waals surface area contributed by atoms with Gasteiger partial charge in [0.05, 0.1) is 0 Å². The fourth-order valence-electron chi connectivity index (χ4n) is 4.32. The van der Waals surface area contributed by atoms with E-state index >= 15 is 0 Å². The van der Waals surface area contributed by atoms with Crippen LogP contribution >= 0.6 is 11.3 Å². The molecule has 2 aromatic rings. The molecule has 0 radical (unpaired) electrons. The van der Waals surface area contributed by atoms with Gasteiger partial charge in [-0.3, -0.25) is 9.69 Å². The Bertz CT molecular complexity index is 941. The number of rotatable bonds is 4. The van der Waals surface area contributed by atoms with E-state index in [4.69, 9.17) is 14.6 Å². The van der Waals surface area contributed by atoms with Crippen LogP contribution in [0.3, 0.4) is 0 Å². The summed E-state index contributed by atoms with van der Waals surface area (Å²) in [6.45, 7) is 3.12. The number of piperidine rings is 1. The van der Waals surface area contributed by atoms with Gasteiger partial charge in [-0.2, -0.15) is 24.5 Å². The van der Waals surface area contributed by atoms with E-state index in [1.54, 1.807) is 18.4 Å². The average Bonchev–Trinajstić information content (AvgIpc) is 3.28. The number of fused-ring (bicyclic) bond motifs is 1. The number of thiophene rings is 1. The number of aliphatic carboxylic acids is 1. The molecule has 0 bridgehead atoms. The number of benzene rings is 1. The van der Waals surface area contributed by atoms with Crippen molar-refractivity contribution < 1.29 is 32.6 Å². The zero-order chi connectivity index (χ0) is 24.1. The van der Waals surface area contributed by atoms with Crippen LogP contribution in [0.25, 0.3) is 0 Å². The van der Waals surface area contributed by atoms with Gasteiger partial charge >= 0.3 is 12.1 Å². The van der Waals surface area contributed by atoms with Gasteiger partial charge in [0.1, 0.15) is 11.4 Å². The number of amides is 1. The number of likely N-dealkylation sites (tertiary alicyclic amines) is 1. The molecule has 6 nitrogen and oxygen atoms in total. The molecule has 1 unspecified atom stereocenters. The Morgan fingerprint density at radius 2 is 1.91 bits per heavy atom. The molecule has 1 spiro atoms. The summed E-state index contributed by atoms with van der Waals surface area (Å²) in [7, 11) is 1.71. The third kappa shape index (κ3) is 6.70. The minimum atomic E-state index is -5.08. The summed E-state index contributed by atoms with van der Waals surface area (Å²) in [6, 6.07) is 10.5. The number of carboxylic acid groups (broad SMARTS) is 1. The van der Waals surface area contributed by atoms with Gasteiger partial charge in [0.25, 0.3) is 0 Å². The molecule has 1 aromatic carbocycles. The summed E-state index contributed by atoms with van der Waals surface area (Å²) in [4.78, 5) is 23.4. The average molecular weight is 485 g/mol. The first-order valence-electron chi connectivity index (χ1n) is 10.6.